The standard InChI is InChI=1S/C14H16N2O5S/c1-11-13(7-8-21-11)9-15(2)22(19,20)10-12-3-5-14(6-4-12)16(17)18/h3-8H,9-10H2,1-2H3. The molecule has 2 aromatic rings. The molecule has 7 nitrogen and oxygen atoms in total. The van der Waals surface area contributed by atoms with E-state index in [1.165, 1.54) is 41.9 Å². The smallest absolute Gasteiger partial charge is 0.269 e. The number of aryl methyl sites for hydroxylation is 1. The lowest BCUT2D eigenvalue weighted by Gasteiger charge is -2.16. The van der Waals surface area contributed by atoms with Crippen molar-refractivity contribution in [3.8, 4) is 0 Å². The van der Waals surface area contributed by atoms with Crippen LogP contribution in [0.4, 0.5) is 5.69 Å². The third-order valence-electron chi connectivity index (χ3n) is 3.33. The summed E-state index contributed by atoms with van der Waals surface area (Å²) in [4.78, 5) is 10.1. The molecule has 118 valence electrons. The molecule has 0 spiro atoms. The lowest BCUT2D eigenvalue weighted by molar-refractivity contribution is -0.384. The first-order chi connectivity index (χ1) is 10.3. The normalized spacial score (nSPS) is 11.8. The van der Waals surface area contributed by atoms with Gasteiger partial charge in [0.15, 0.2) is 0 Å². The maximum Gasteiger partial charge on any atom is 0.269 e. The van der Waals surface area contributed by atoms with E-state index in [4.69, 9.17) is 4.42 Å². The van der Waals surface area contributed by atoms with Crippen LogP contribution in [0.3, 0.4) is 0 Å². The highest BCUT2D eigenvalue weighted by Gasteiger charge is 2.20. The molecule has 0 saturated heterocycles. The highest BCUT2D eigenvalue weighted by Crippen LogP contribution is 2.18. The molecule has 1 aromatic carbocycles. The lowest BCUT2D eigenvalue weighted by Crippen LogP contribution is -2.27. The molecular weight excluding hydrogens is 308 g/mol. The first-order valence-electron chi connectivity index (χ1n) is 6.50. The molecule has 1 aromatic heterocycles. The second-order valence-electron chi connectivity index (χ2n) is 4.94. The molecule has 0 fully saturated rings. The molecule has 0 saturated carbocycles. The van der Waals surface area contributed by atoms with Crippen molar-refractivity contribution < 1.29 is 17.8 Å². The van der Waals surface area contributed by atoms with Crippen LogP contribution in [0, 0.1) is 17.0 Å². The molecular formula is C14H16N2O5S. The Bertz CT molecular complexity index is 765. The molecule has 22 heavy (non-hydrogen) atoms. The van der Waals surface area contributed by atoms with Crippen molar-refractivity contribution in [2.45, 2.75) is 19.2 Å². The van der Waals surface area contributed by atoms with E-state index in [0.717, 1.165) is 5.56 Å². The van der Waals surface area contributed by atoms with Gasteiger partial charge < -0.3 is 4.42 Å². The van der Waals surface area contributed by atoms with Gasteiger partial charge in [0.1, 0.15) is 5.76 Å². The van der Waals surface area contributed by atoms with Gasteiger partial charge in [-0.2, -0.15) is 0 Å². The maximum absolute atomic E-state index is 12.3. The average Bonchev–Trinajstić information content (AvgIpc) is 2.84. The molecule has 0 aliphatic carbocycles. The van der Waals surface area contributed by atoms with E-state index in [1.807, 2.05) is 0 Å². The summed E-state index contributed by atoms with van der Waals surface area (Å²) in [6.45, 7) is 1.99. The second-order valence-corrected chi connectivity index (χ2v) is 7.01. The van der Waals surface area contributed by atoms with E-state index in [0.29, 0.717) is 11.3 Å². The zero-order chi connectivity index (χ0) is 16.3. The van der Waals surface area contributed by atoms with E-state index in [2.05, 4.69) is 0 Å². The third kappa shape index (κ3) is 3.71. The fraction of sp³-hybridized carbons (Fsp3) is 0.286. The van der Waals surface area contributed by atoms with E-state index >= 15 is 0 Å². The van der Waals surface area contributed by atoms with Gasteiger partial charge in [-0.05, 0) is 18.6 Å². The number of furan rings is 1. The monoisotopic (exact) mass is 324 g/mol. The van der Waals surface area contributed by atoms with Gasteiger partial charge in [0, 0.05) is 31.3 Å². The van der Waals surface area contributed by atoms with Crippen LogP contribution in [0.1, 0.15) is 16.9 Å². The Morgan fingerprint density at radius 2 is 1.86 bits per heavy atom. The summed E-state index contributed by atoms with van der Waals surface area (Å²) in [7, 11) is -2.02. The summed E-state index contributed by atoms with van der Waals surface area (Å²) in [6.07, 6.45) is 1.52. The average molecular weight is 324 g/mol. The quantitative estimate of drug-likeness (QED) is 0.601. The SMILES string of the molecule is Cc1occc1CN(C)S(=O)(=O)Cc1ccc([N+](=O)[O-])cc1. The summed E-state index contributed by atoms with van der Waals surface area (Å²) < 4.78 is 31.0. The summed E-state index contributed by atoms with van der Waals surface area (Å²) >= 11 is 0. The van der Waals surface area contributed by atoms with Gasteiger partial charge in [0.2, 0.25) is 10.0 Å². The number of nitro groups is 1. The number of hydrogen-bond donors (Lipinski definition) is 0. The molecule has 0 radical (unpaired) electrons. The van der Waals surface area contributed by atoms with Crippen molar-refractivity contribution in [1.82, 2.24) is 4.31 Å². The number of non-ortho nitro benzene ring substituents is 1. The fourth-order valence-electron chi connectivity index (χ4n) is 1.95. The van der Waals surface area contributed by atoms with Crippen LogP contribution < -0.4 is 0 Å². The van der Waals surface area contributed by atoms with Gasteiger partial charge in [-0.25, -0.2) is 12.7 Å². The maximum atomic E-state index is 12.3. The largest absolute Gasteiger partial charge is 0.469 e. The summed E-state index contributed by atoms with van der Waals surface area (Å²) in [5.74, 6) is 0.468. The van der Waals surface area contributed by atoms with Crippen LogP contribution in [-0.4, -0.2) is 24.7 Å². The molecule has 1 heterocycles. The summed E-state index contributed by atoms with van der Waals surface area (Å²) in [5.41, 5.74) is 1.24. The number of rotatable bonds is 6. The van der Waals surface area contributed by atoms with Gasteiger partial charge in [-0.3, -0.25) is 10.1 Å². The molecule has 8 heteroatoms. The van der Waals surface area contributed by atoms with Crippen LogP contribution in [0.15, 0.2) is 41.0 Å². The summed E-state index contributed by atoms with van der Waals surface area (Å²) in [5, 5.41) is 10.6. The van der Waals surface area contributed by atoms with Gasteiger partial charge in [0.25, 0.3) is 5.69 Å². The molecule has 0 atom stereocenters. The van der Waals surface area contributed by atoms with E-state index in [1.54, 1.807) is 13.0 Å². The lowest BCUT2D eigenvalue weighted by atomic mass is 10.2. The Balaban J connectivity index is 2.09. The molecule has 0 amide bonds. The molecule has 0 N–H and O–H groups in total. The minimum absolute atomic E-state index is 0.0662. The fourth-order valence-corrected chi connectivity index (χ4v) is 3.12. The van der Waals surface area contributed by atoms with E-state index in [-0.39, 0.29) is 18.0 Å². The van der Waals surface area contributed by atoms with Crippen molar-refractivity contribution in [1.29, 1.82) is 0 Å². The Morgan fingerprint density at radius 3 is 2.36 bits per heavy atom. The highest BCUT2D eigenvalue weighted by atomic mass is 32.2. The molecule has 0 aliphatic heterocycles. The minimum atomic E-state index is -3.52. The van der Waals surface area contributed by atoms with Crippen molar-refractivity contribution in [2.24, 2.45) is 0 Å². The van der Waals surface area contributed by atoms with Gasteiger partial charge in [-0.1, -0.05) is 12.1 Å². The number of nitrogens with zero attached hydrogens (tertiary/aromatic N) is 2. The van der Waals surface area contributed by atoms with Crippen LogP contribution >= 0.6 is 0 Å². The molecule has 0 bridgehead atoms. The predicted octanol–water partition coefficient (Wildman–Crippen LogP) is 2.46. The van der Waals surface area contributed by atoms with Crippen LogP contribution in [0.25, 0.3) is 0 Å². The predicted molar refractivity (Wildman–Crippen MR) is 80.6 cm³/mol. The zero-order valence-electron chi connectivity index (χ0n) is 12.2. The van der Waals surface area contributed by atoms with Crippen molar-refractivity contribution in [2.75, 3.05) is 7.05 Å². The minimum Gasteiger partial charge on any atom is -0.469 e. The highest BCUT2D eigenvalue weighted by molar-refractivity contribution is 7.88. The second kappa shape index (κ2) is 6.29. The van der Waals surface area contributed by atoms with Crippen LogP contribution in [0.5, 0.6) is 0 Å². The van der Waals surface area contributed by atoms with Crippen molar-refractivity contribution in [3.63, 3.8) is 0 Å². The number of sulfonamides is 1. The van der Waals surface area contributed by atoms with Gasteiger partial charge in [0.05, 0.1) is 16.9 Å². The van der Waals surface area contributed by atoms with Crippen LogP contribution in [0.2, 0.25) is 0 Å². The van der Waals surface area contributed by atoms with E-state index in [9.17, 15) is 18.5 Å². The van der Waals surface area contributed by atoms with Gasteiger partial charge >= 0.3 is 0 Å². The Kier molecular flexibility index (Phi) is 4.62. The third-order valence-corrected chi connectivity index (χ3v) is 5.11. The van der Waals surface area contributed by atoms with Crippen LogP contribution in [-0.2, 0) is 22.3 Å². The first-order valence-corrected chi connectivity index (χ1v) is 8.11. The zero-order valence-corrected chi connectivity index (χ0v) is 13.0. The van der Waals surface area contributed by atoms with E-state index < -0.39 is 14.9 Å². The molecule has 0 unspecified atom stereocenters. The number of benzene rings is 1. The Morgan fingerprint density at radius 1 is 1.23 bits per heavy atom. The number of nitro benzene ring substituents is 1. The molecule has 2 rings (SSSR count). The van der Waals surface area contributed by atoms with Gasteiger partial charge in [-0.15, -0.1) is 0 Å². The Hall–Kier alpha value is -2.19. The summed E-state index contributed by atoms with van der Waals surface area (Å²) in [6, 6.07) is 7.22. The Labute approximate surface area is 128 Å². The number of hydrogen-bond acceptors (Lipinski definition) is 5. The van der Waals surface area contributed by atoms with Crippen molar-refractivity contribution >= 4 is 15.7 Å². The molecule has 0 aliphatic rings. The van der Waals surface area contributed by atoms with Crippen molar-refractivity contribution in [3.05, 3.63) is 63.6 Å². The topological polar surface area (TPSA) is 93.7 Å². The first kappa shape index (κ1) is 16.2.